The quantitative estimate of drug-likeness (QED) is 0.385. The van der Waals surface area contributed by atoms with E-state index >= 15 is 0 Å². The minimum atomic E-state index is -0.453. The van der Waals surface area contributed by atoms with Crippen molar-refractivity contribution in [3.63, 3.8) is 0 Å². The van der Waals surface area contributed by atoms with E-state index in [4.69, 9.17) is 9.72 Å². The molecule has 0 saturated heterocycles. The van der Waals surface area contributed by atoms with Gasteiger partial charge in [0.05, 0.1) is 5.69 Å². The van der Waals surface area contributed by atoms with Gasteiger partial charge in [0, 0.05) is 50.8 Å². The summed E-state index contributed by atoms with van der Waals surface area (Å²) in [5.74, 6) is 3.87. The van der Waals surface area contributed by atoms with Crippen LogP contribution >= 0.6 is 45.2 Å². The third kappa shape index (κ3) is 7.56. The van der Waals surface area contributed by atoms with Crippen LogP contribution in [0.15, 0.2) is 6.20 Å². The van der Waals surface area contributed by atoms with E-state index in [2.05, 4.69) is 69.9 Å². The lowest BCUT2D eigenvalue weighted by atomic mass is 9.85. The van der Waals surface area contributed by atoms with Gasteiger partial charge < -0.3 is 24.5 Å². The monoisotopic (exact) mass is 710 g/mol. The van der Waals surface area contributed by atoms with E-state index < -0.39 is 5.60 Å². The van der Waals surface area contributed by atoms with Crippen molar-refractivity contribution in [2.75, 3.05) is 13.1 Å². The van der Waals surface area contributed by atoms with E-state index in [1.807, 2.05) is 27.0 Å². The zero-order valence-corrected chi connectivity index (χ0v) is 24.7. The molecule has 1 aliphatic heterocycles. The summed E-state index contributed by atoms with van der Waals surface area (Å²) < 4.78 is 12.0. The Morgan fingerprint density at radius 1 is 1.14 bits per heavy atom. The molecule has 5 rings (SSSR count). The number of imidazole rings is 2. The summed E-state index contributed by atoms with van der Waals surface area (Å²) in [7, 11) is 0. The molecule has 0 spiro atoms. The Morgan fingerprint density at radius 2 is 1.80 bits per heavy atom. The third-order valence-corrected chi connectivity index (χ3v) is 7.98. The summed E-state index contributed by atoms with van der Waals surface area (Å²) >= 11 is 4.60. The van der Waals surface area contributed by atoms with Crippen molar-refractivity contribution >= 4 is 51.3 Å². The molecular weight excluding hydrogens is 670 g/mol. The molecule has 2 saturated carbocycles. The molecule has 3 aliphatic rings. The highest BCUT2D eigenvalue weighted by Crippen LogP contribution is 2.37. The lowest BCUT2D eigenvalue weighted by Crippen LogP contribution is -2.34. The Morgan fingerprint density at radius 3 is 2.40 bits per heavy atom. The van der Waals surface area contributed by atoms with Crippen LogP contribution in [0.3, 0.4) is 0 Å². The SMILES string of the molecule is C.CC(C)(C)OC(=O)NCCn1cc(I)nc1C1CCC1.Ic1nc(C2CCC2)n2c1CNCC2. The number of amides is 1. The van der Waals surface area contributed by atoms with Gasteiger partial charge in [-0.25, -0.2) is 14.8 Å². The molecule has 2 aliphatic carbocycles. The van der Waals surface area contributed by atoms with Crippen LogP contribution < -0.4 is 10.6 Å². The van der Waals surface area contributed by atoms with Gasteiger partial charge in [-0.2, -0.15) is 0 Å². The molecular formula is C25H40I2N6O2. The number of rotatable bonds is 5. The van der Waals surface area contributed by atoms with Gasteiger partial charge >= 0.3 is 6.09 Å². The van der Waals surface area contributed by atoms with Crippen LogP contribution in [0.25, 0.3) is 0 Å². The highest BCUT2D eigenvalue weighted by Gasteiger charge is 2.28. The maximum Gasteiger partial charge on any atom is 0.407 e. The topological polar surface area (TPSA) is 86.0 Å². The van der Waals surface area contributed by atoms with Gasteiger partial charge in [-0.05, 0) is 91.6 Å². The normalized spacial score (nSPS) is 17.7. The summed E-state index contributed by atoms with van der Waals surface area (Å²) in [6, 6.07) is 0. The molecule has 0 bridgehead atoms. The molecule has 10 heteroatoms. The Labute approximate surface area is 237 Å². The lowest BCUT2D eigenvalue weighted by molar-refractivity contribution is 0.0526. The average molecular weight is 710 g/mol. The van der Waals surface area contributed by atoms with Crippen molar-refractivity contribution < 1.29 is 9.53 Å². The number of aromatic nitrogens is 4. The summed E-state index contributed by atoms with van der Waals surface area (Å²) in [6.07, 6.45) is 9.52. The standard InChI is InChI=1S/C14H22IN3O2.C10H14IN3.CH4/c1-14(2,3)20-13(19)16-7-8-18-9-11(15)17-12(18)10-5-4-6-10;11-9-8-6-12-4-5-14(8)10(13-9)7-2-1-3-7;/h9-10H,4-8H2,1-3H3,(H,16,19);7,12H,1-6H2;1H4. The van der Waals surface area contributed by atoms with Crippen molar-refractivity contribution in [1.82, 2.24) is 29.7 Å². The Balaban J connectivity index is 0.000000200. The summed E-state index contributed by atoms with van der Waals surface area (Å²) in [5, 5.41) is 6.19. The minimum absolute atomic E-state index is 0. The molecule has 2 fully saturated rings. The Kier molecular flexibility index (Phi) is 10.3. The average Bonchev–Trinajstić information content (AvgIpc) is 3.19. The molecule has 0 atom stereocenters. The molecule has 2 aromatic heterocycles. The second kappa shape index (κ2) is 12.6. The molecule has 8 nitrogen and oxygen atoms in total. The Bertz CT molecular complexity index is 989. The van der Waals surface area contributed by atoms with E-state index in [1.54, 1.807) is 0 Å². The van der Waals surface area contributed by atoms with Crippen LogP contribution in [0.4, 0.5) is 4.79 Å². The number of carbonyl (C=O) groups is 1. The molecule has 0 unspecified atom stereocenters. The van der Waals surface area contributed by atoms with Crippen LogP contribution in [0, 0.1) is 7.40 Å². The number of alkyl carbamates (subject to hydrolysis) is 1. The summed E-state index contributed by atoms with van der Waals surface area (Å²) in [4.78, 5) is 20.9. The van der Waals surface area contributed by atoms with Gasteiger partial charge in [-0.3, -0.25) is 0 Å². The highest BCUT2D eigenvalue weighted by atomic mass is 127. The molecule has 0 radical (unpaired) electrons. The van der Waals surface area contributed by atoms with E-state index in [0.717, 1.165) is 41.6 Å². The van der Waals surface area contributed by atoms with Crippen LogP contribution in [0.5, 0.6) is 0 Å². The molecule has 2 N–H and O–H groups in total. The van der Waals surface area contributed by atoms with Gasteiger partial charge in [0.1, 0.15) is 24.7 Å². The van der Waals surface area contributed by atoms with Crippen molar-refractivity contribution in [2.45, 2.75) is 104 Å². The molecule has 196 valence electrons. The summed E-state index contributed by atoms with van der Waals surface area (Å²) in [5.41, 5.74) is 0.949. The van der Waals surface area contributed by atoms with Crippen molar-refractivity contribution in [2.24, 2.45) is 0 Å². The van der Waals surface area contributed by atoms with E-state index in [-0.39, 0.29) is 13.5 Å². The second-order valence-corrected chi connectivity index (χ2v) is 12.5. The largest absolute Gasteiger partial charge is 0.444 e. The Hall–Kier alpha value is -0.890. The van der Waals surface area contributed by atoms with E-state index in [1.165, 1.54) is 53.7 Å². The number of carbonyl (C=O) groups excluding carboxylic acids is 1. The summed E-state index contributed by atoms with van der Waals surface area (Å²) in [6.45, 7) is 10.1. The number of fused-ring (bicyclic) bond motifs is 1. The number of nitrogens with zero attached hydrogens (tertiary/aromatic N) is 4. The molecule has 2 aromatic rings. The fourth-order valence-electron chi connectivity index (χ4n) is 4.43. The van der Waals surface area contributed by atoms with Crippen molar-refractivity contribution in [3.8, 4) is 0 Å². The van der Waals surface area contributed by atoms with Gasteiger partial charge in [0.15, 0.2) is 0 Å². The van der Waals surface area contributed by atoms with E-state index in [9.17, 15) is 4.79 Å². The van der Waals surface area contributed by atoms with Gasteiger partial charge in [0.2, 0.25) is 0 Å². The molecule has 0 aromatic carbocycles. The van der Waals surface area contributed by atoms with E-state index in [0.29, 0.717) is 12.5 Å². The van der Waals surface area contributed by atoms with Gasteiger partial charge in [-0.1, -0.05) is 20.3 Å². The maximum absolute atomic E-state index is 11.6. The minimum Gasteiger partial charge on any atom is -0.444 e. The van der Waals surface area contributed by atoms with Crippen LogP contribution in [0.1, 0.15) is 95.9 Å². The highest BCUT2D eigenvalue weighted by molar-refractivity contribution is 14.1. The first kappa shape index (κ1) is 28.7. The molecule has 3 heterocycles. The van der Waals surface area contributed by atoms with Crippen LogP contribution in [-0.2, 0) is 24.4 Å². The first-order chi connectivity index (χ1) is 16.2. The van der Waals surface area contributed by atoms with Crippen LogP contribution in [0.2, 0.25) is 0 Å². The predicted molar refractivity (Wildman–Crippen MR) is 156 cm³/mol. The molecule has 1 amide bonds. The number of hydrogen-bond donors (Lipinski definition) is 2. The number of nitrogens with one attached hydrogen (secondary N) is 2. The second-order valence-electron chi connectivity index (χ2n) is 10.3. The van der Waals surface area contributed by atoms with Crippen LogP contribution in [-0.4, -0.2) is 43.9 Å². The van der Waals surface area contributed by atoms with Gasteiger partial charge in [0.25, 0.3) is 0 Å². The molecule has 35 heavy (non-hydrogen) atoms. The number of ether oxygens (including phenoxy) is 1. The first-order valence-corrected chi connectivity index (χ1v) is 14.5. The lowest BCUT2D eigenvalue weighted by Gasteiger charge is -2.27. The fraction of sp³-hybridized carbons (Fsp3) is 0.720. The smallest absolute Gasteiger partial charge is 0.407 e. The van der Waals surface area contributed by atoms with Crippen molar-refractivity contribution in [1.29, 1.82) is 0 Å². The van der Waals surface area contributed by atoms with Crippen molar-refractivity contribution in [3.05, 3.63) is 30.9 Å². The maximum atomic E-state index is 11.6. The number of hydrogen-bond acceptors (Lipinski definition) is 5. The first-order valence-electron chi connectivity index (χ1n) is 12.4. The number of halogens is 2. The zero-order valence-electron chi connectivity index (χ0n) is 20.4. The zero-order chi connectivity index (χ0) is 24.3. The third-order valence-electron chi connectivity index (χ3n) is 6.60. The van der Waals surface area contributed by atoms with Gasteiger partial charge in [-0.15, -0.1) is 0 Å². The predicted octanol–water partition coefficient (Wildman–Crippen LogP) is 5.77. The fourth-order valence-corrected chi connectivity index (χ4v) is 5.74.